The third-order valence-corrected chi connectivity index (χ3v) is 5.34. The summed E-state index contributed by atoms with van der Waals surface area (Å²) in [6.07, 6.45) is 2.63. The van der Waals surface area contributed by atoms with Crippen molar-refractivity contribution in [2.75, 3.05) is 31.1 Å². The largest absolute Gasteiger partial charge is 0.354 e. The number of aromatic nitrogens is 4. The fourth-order valence-corrected chi connectivity index (χ4v) is 3.82. The van der Waals surface area contributed by atoms with E-state index in [0.717, 1.165) is 62.0 Å². The van der Waals surface area contributed by atoms with E-state index < -0.39 is 0 Å². The molecule has 0 saturated carbocycles. The molecule has 4 rings (SSSR count). The highest BCUT2D eigenvalue weighted by Gasteiger charge is 2.18. The summed E-state index contributed by atoms with van der Waals surface area (Å²) in [5, 5.41) is 4.61. The van der Waals surface area contributed by atoms with Crippen molar-refractivity contribution in [3.05, 3.63) is 65.4 Å². The number of anilines is 1. The van der Waals surface area contributed by atoms with Crippen LogP contribution in [0.3, 0.4) is 0 Å². The van der Waals surface area contributed by atoms with Gasteiger partial charge in [-0.25, -0.2) is 14.6 Å². The number of hydrogen-bond donors (Lipinski definition) is 0. The smallest absolute Gasteiger partial charge is 0.132 e. The molecule has 3 aromatic rings. The van der Waals surface area contributed by atoms with E-state index in [1.807, 2.05) is 11.6 Å². The molecule has 0 spiro atoms. The fourth-order valence-electron chi connectivity index (χ4n) is 3.82. The predicted molar refractivity (Wildman–Crippen MR) is 112 cm³/mol. The lowest BCUT2D eigenvalue weighted by molar-refractivity contribution is 0.249. The normalized spacial score (nSPS) is 15.2. The summed E-state index contributed by atoms with van der Waals surface area (Å²) in [4.78, 5) is 13.6. The van der Waals surface area contributed by atoms with Crippen molar-refractivity contribution in [1.29, 1.82) is 0 Å². The summed E-state index contributed by atoms with van der Waals surface area (Å²) in [5.41, 5.74) is 5.78. The lowest BCUT2D eigenvalue weighted by atomic mass is 10.1. The topological polar surface area (TPSA) is 50.1 Å². The Kier molecular flexibility index (Phi) is 5.39. The maximum atomic E-state index is 4.61. The molecule has 2 aromatic heterocycles. The first-order valence-electron chi connectivity index (χ1n) is 10.0. The third-order valence-electron chi connectivity index (χ3n) is 5.34. The monoisotopic (exact) mass is 376 g/mol. The Labute approximate surface area is 166 Å². The Morgan fingerprint density at radius 1 is 0.964 bits per heavy atom. The van der Waals surface area contributed by atoms with Gasteiger partial charge in [-0.2, -0.15) is 5.10 Å². The van der Waals surface area contributed by atoms with Crippen molar-refractivity contribution in [2.45, 2.75) is 33.7 Å². The first-order chi connectivity index (χ1) is 13.6. The second kappa shape index (κ2) is 8.10. The molecule has 3 heterocycles. The Morgan fingerprint density at radius 2 is 1.79 bits per heavy atom. The SMILES string of the molecule is CCc1cc(N2CCN(Cc3cccc(-n4nc(C)cc4C)c3)CC2)ncn1. The van der Waals surface area contributed by atoms with Crippen molar-refractivity contribution in [1.82, 2.24) is 24.6 Å². The zero-order valence-corrected chi connectivity index (χ0v) is 17.0. The Morgan fingerprint density at radius 3 is 2.50 bits per heavy atom. The molecule has 0 unspecified atom stereocenters. The molecule has 6 heteroatoms. The Hall–Kier alpha value is -2.73. The van der Waals surface area contributed by atoms with Crippen molar-refractivity contribution in [3.8, 4) is 5.69 Å². The van der Waals surface area contributed by atoms with Crippen LogP contribution < -0.4 is 4.90 Å². The van der Waals surface area contributed by atoms with Crippen LogP contribution in [0.1, 0.15) is 29.6 Å². The standard InChI is InChI=1S/C22H28N6/c1-4-20-14-22(24-16-23-20)27-10-8-26(9-11-27)15-19-6-5-7-21(13-19)28-18(3)12-17(2)25-28/h5-7,12-14,16H,4,8-11,15H2,1-3H3. The zero-order chi connectivity index (χ0) is 19.5. The number of hydrogen-bond acceptors (Lipinski definition) is 5. The summed E-state index contributed by atoms with van der Waals surface area (Å²) in [6, 6.07) is 13.0. The van der Waals surface area contributed by atoms with Crippen LogP contribution in [0.15, 0.2) is 42.7 Å². The van der Waals surface area contributed by atoms with Gasteiger partial charge in [-0.05, 0) is 44.0 Å². The molecule has 0 radical (unpaired) electrons. The minimum Gasteiger partial charge on any atom is -0.354 e. The van der Waals surface area contributed by atoms with Gasteiger partial charge in [-0.3, -0.25) is 4.90 Å². The highest BCUT2D eigenvalue weighted by Crippen LogP contribution is 2.18. The van der Waals surface area contributed by atoms with Crippen LogP contribution in [0.25, 0.3) is 5.69 Å². The molecule has 146 valence electrons. The van der Waals surface area contributed by atoms with Gasteiger partial charge < -0.3 is 4.90 Å². The molecule has 0 aliphatic carbocycles. The number of aryl methyl sites for hydroxylation is 3. The summed E-state index contributed by atoms with van der Waals surface area (Å²) in [5.74, 6) is 1.05. The lowest BCUT2D eigenvalue weighted by Gasteiger charge is -2.35. The van der Waals surface area contributed by atoms with Gasteiger partial charge in [0.1, 0.15) is 12.1 Å². The predicted octanol–water partition coefficient (Wildman–Crippen LogP) is 3.16. The van der Waals surface area contributed by atoms with E-state index in [1.54, 1.807) is 6.33 Å². The summed E-state index contributed by atoms with van der Waals surface area (Å²) >= 11 is 0. The molecule has 1 saturated heterocycles. The van der Waals surface area contributed by atoms with Gasteiger partial charge in [0.15, 0.2) is 0 Å². The van der Waals surface area contributed by atoms with E-state index in [0.29, 0.717) is 0 Å². The molecule has 0 N–H and O–H groups in total. The maximum Gasteiger partial charge on any atom is 0.132 e. The van der Waals surface area contributed by atoms with Gasteiger partial charge in [0.05, 0.1) is 11.4 Å². The molecule has 6 nitrogen and oxygen atoms in total. The van der Waals surface area contributed by atoms with E-state index in [2.05, 4.69) is 75.1 Å². The van der Waals surface area contributed by atoms with Crippen molar-refractivity contribution in [3.63, 3.8) is 0 Å². The summed E-state index contributed by atoms with van der Waals surface area (Å²) < 4.78 is 2.02. The van der Waals surface area contributed by atoms with Crippen molar-refractivity contribution < 1.29 is 0 Å². The molecule has 1 aromatic carbocycles. The quantitative estimate of drug-likeness (QED) is 0.685. The fraction of sp³-hybridized carbons (Fsp3) is 0.409. The van der Waals surface area contributed by atoms with Gasteiger partial charge in [0.2, 0.25) is 0 Å². The van der Waals surface area contributed by atoms with Crippen LogP contribution in [-0.4, -0.2) is 50.8 Å². The van der Waals surface area contributed by atoms with Crippen molar-refractivity contribution in [2.24, 2.45) is 0 Å². The average Bonchev–Trinajstić information content (AvgIpc) is 3.07. The zero-order valence-electron chi connectivity index (χ0n) is 17.0. The maximum absolute atomic E-state index is 4.61. The van der Waals surface area contributed by atoms with Crippen LogP contribution in [0.5, 0.6) is 0 Å². The van der Waals surface area contributed by atoms with E-state index in [-0.39, 0.29) is 0 Å². The highest BCUT2D eigenvalue weighted by molar-refractivity contribution is 5.40. The molecule has 0 bridgehead atoms. The van der Waals surface area contributed by atoms with E-state index in [1.165, 1.54) is 11.3 Å². The first-order valence-corrected chi connectivity index (χ1v) is 10.0. The summed E-state index contributed by atoms with van der Waals surface area (Å²) in [6.45, 7) is 11.3. The number of piperazine rings is 1. The number of benzene rings is 1. The second-order valence-electron chi connectivity index (χ2n) is 7.49. The van der Waals surface area contributed by atoms with Gasteiger partial charge in [-0.1, -0.05) is 19.1 Å². The molecule has 0 amide bonds. The van der Waals surface area contributed by atoms with Gasteiger partial charge in [0, 0.05) is 50.2 Å². The van der Waals surface area contributed by atoms with Crippen LogP contribution in [0.4, 0.5) is 5.82 Å². The highest BCUT2D eigenvalue weighted by atomic mass is 15.3. The number of rotatable bonds is 5. The van der Waals surface area contributed by atoms with Crippen LogP contribution >= 0.6 is 0 Å². The third kappa shape index (κ3) is 4.07. The molecule has 1 aliphatic rings. The molecular formula is C22H28N6. The van der Waals surface area contributed by atoms with E-state index in [9.17, 15) is 0 Å². The Bertz CT molecular complexity index is 940. The minimum absolute atomic E-state index is 0.946. The molecular weight excluding hydrogens is 348 g/mol. The van der Waals surface area contributed by atoms with Crippen LogP contribution in [0, 0.1) is 13.8 Å². The van der Waals surface area contributed by atoms with Gasteiger partial charge in [0.25, 0.3) is 0 Å². The molecule has 1 aliphatic heterocycles. The molecule has 0 atom stereocenters. The molecule has 1 fully saturated rings. The second-order valence-corrected chi connectivity index (χ2v) is 7.49. The lowest BCUT2D eigenvalue weighted by Crippen LogP contribution is -2.46. The van der Waals surface area contributed by atoms with Crippen molar-refractivity contribution >= 4 is 5.82 Å². The average molecular weight is 377 g/mol. The molecule has 28 heavy (non-hydrogen) atoms. The van der Waals surface area contributed by atoms with Gasteiger partial charge >= 0.3 is 0 Å². The number of nitrogens with zero attached hydrogens (tertiary/aromatic N) is 6. The van der Waals surface area contributed by atoms with E-state index >= 15 is 0 Å². The first kappa shape index (κ1) is 18.6. The Balaban J connectivity index is 1.40. The minimum atomic E-state index is 0.946. The van der Waals surface area contributed by atoms with E-state index in [4.69, 9.17) is 0 Å². The van der Waals surface area contributed by atoms with Crippen LogP contribution in [-0.2, 0) is 13.0 Å². The van der Waals surface area contributed by atoms with Gasteiger partial charge in [-0.15, -0.1) is 0 Å². The summed E-state index contributed by atoms with van der Waals surface area (Å²) in [7, 11) is 0. The van der Waals surface area contributed by atoms with Crippen LogP contribution in [0.2, 0.25) is 0 Å².